The maximum Gasteiger partial charge on any atom is 0.233 e. The van der Waals surface area contributed by atoms with Crippen molar-refractivity contribution in [1.82, 2.24) is 14.9 Å². The van der Waals surface area contributed by atoms with Crippen molar-refractivity contribution in [3.63, 3.8) is 0 Å². The Morgan fingerprint density at radius 2 is 2.25 bits per heavy atom. The second-order valence-corrected chi connectivity index (χ2v) is 6.15. The minimum absolute atomic E-state index is 0.0896. The van der Waals surface area contributed by atoms with E-state index in [-0.39, 0.29) is 5.91 Å². The molecule has 0 aliphatic carbocycles. The quantitative estimate of drug-likeness (QED) is 0.678. The molecule has 3 rings (SSSR count). The predicted molar refractivity (Wildman–Crippen MR) is 80.0 cm³/mol. The number of amides is 1. The second-order valence-electron chi connectivity index (χ2n) is 4.31. The van der Waals surface area contributed by atoms with E-state index in [4.69, 9.17) is 10.5 Å². The highest BCUT2D eigenvalue weighted by molar-refractivity contribution is 7.99. The van der Waals surface area contributed by atoms with Crippen molar-refractivity contribution in [2.75, 3.05) is 37.8 Å². The summed E-state index contributed by atoms with van der Waals surface area (Å²) in [6, 6.07) is 1.91. The van der Waals surface area contributed by atoms with Crippen molar-refractivity contribution >= 4 is 45.0 Å². The number of thiophene rings is 1. The van der Waals surface area contributed by atoms with Crippen LogP contribution in [0, 0.1) is 0 Å². The number of morpholine rings is 1. The first kappa shape index (κ1) is 13.6. The molecule has 1 aliphatic rings. The average Bonchev–Trinajstić information content (AvgIpc) is 2.94. The fourth-order valence-electron chi connectivity index (χ4n) is 1.95. The molecule has 1 aliphatic heterocycles. The van der Waals surface area contributed by atoms with Crippen molar-refractivity contribution in [2.24, 2.45) is 0 Å². The van der Waals surface area contributed by atoms with E-state index in [1.807, 2.05) is 16.3 Å². The number of hydrogen-bond acceptors (Lipinski definition) is 7. The monoisotopic (exact) mass is 310 g/mol. The molecule has 1 fully saturated rings. The van der Waals surface area contributed by atoms with Gasteiger partial charge >= 0.3 is 0 Å². The van der Waals surface area contributed by atoms with Crippen LogP contribution < -0.4 is 5.73 Å². The minimum Gasteiger partial charge on any atom is -0.383 e. The number of thioether (sulfide) groups is 1. The van der Waals surface area contributed by atoms with Crippen LogP contribution in [0.2, 0.25) is 0 Å². The summed E-state index contributed by atoms with van der Waals surface area (Å²) in [4.78, 5) is 23.3. The number of ether oxygens (including phenoxy) is 1. The summed E-state index contributed by atoms with van der Waals surface area (Å²) in [5.41, 5.74) is 5.88. The zero-order chi connectivity index (χ0) is 13.9. The molecule has 0 spiro atoms. The molecule has 2 N–H and O–H groups in total. The molecule has 1 amide bonds. The van der Waals surface area contributed by atoms with Crippen LogP contribution >= 0.6 is 23.1 Å². The van der Waals surface area contributed by atoms with Crippen LogP contribution in [0.25, 0.3) is 10.2 Å². The number of anilines is 1. The topological polar surface area (TPSA) is 81.3 Å². The lowest BCUT2D eigenvalue weighted by Crippen LogP contribution is -2.41. The van der Waals surface area contributed by atoms with Gasteiger partial charge in [-0.15, -0.1) is 11.3 Å². The molecule has 1 saturated heterocycles. The molecule has 106 valence electrons. The van der Waals surface area contributed by atoms with Crippen LogP contribution in [0.15, 0.2) is 16.6 Å². The first-order chi connectivity index (χ1) is 9.74. The molecular formula is C12H14N4O2S2. The smallest absolute Gasteiger partial charge is 0.233 e. The summed E-state index contributed by atoms with van der Waals surface area (Å²) in [6.07, 6.45) is 0. The van der Waals surface area contributed by atoms with E-state index in [2.05, 4.69) is 9.97 Å². The number of aromatic nitrogens is 2. The normalized spacial score (nSPS) is 15.7. The SMILES string of the molecule is Nc1nc(SCC(=O)N2CCOCC2)nc2sccc12. The lowest BCUT2D eigenvalue weighted by molar-refractivity contribution is -0.132. The molecule has 20 heavy (non-hydrogen) atoms. The van der Waals surface area contributed by atoms with Crippen molar-refractivity contribution in [2.45, 2.75) is 5.16 Å². The number of carbonyl (C=O) groups excluding carboxylic acids is 1. The van der Waals surface area contributed by atoms with E-state index in [1.165, 1.54) is 23.1 Å². The van der Waals surface area contributed by atoms with E-state index in [9.17, 15) is 4.79 Å². The fourth-order valence-corrected chi connectivity index (χ4v) is 3.54. The number of nitrogens with two attached hydrogens (primary N) is 1. The van der Waals surface area contributed by atoms with Crippen molar-refractivity contribution in [1.29, 1.82) is 0 Å². The molecule has 2 aromatic heterocycles. The Kier molecular flexibility index (Phi) is 4.04. The second kappa shape index (κ2) is 5.94. The van der Waals surface area contributed by atoms with Gasteiger partial charge in [-0.2, -0.15) is 0 Å². The molecule has 0 radical (unpaired) electrons. The third-order valence-electron chi connectivity index (χ3n) is 3.02. The van der Waals surface area contributed by atoms with Crippen LogP contribution in [0.4, 0.5) is 5.82 Å². The number of carbonyl (C=O) groups is 1. The van der Waals surface area contributed by atoms with Crippen LogP contribution in [-0.4, -0.2) is 52.8 Å². The van der Waals surface area contributed by atoms with Crippen LogP contribution in [0.3, 0.4) is 0 Å². The molecule has 3 heterocycles. The average molecular weight is 310 g/mol. The van der Waals surface area contributed by atoms with Crippen molar-refractivity contribution in [3.8, 4) is 0 Å². The van der Waals surface area contributed by atoms with Gasteiger partial charge in [0, 0.05) is 13.1 Å². The number of rotatable bonds is 3. The largest absolute Gasteiger partial charge is 0.383 e. The molecule has 8 heteroatoms. The van der Waals surface area contributed by atoms with Crippen molar-refractivity contribution < 1.29 is 9.53 Å². The Labute approximate surface area is 124 Å². The van der Waals surface area contributed by atoms with Gasteiger partial charge in [-0.3, -0.25) is 4.79 Å². The molecule has 0 bridgehead atoms. The fraction of sp³-hybridized carbons (Fsp3) is 0.417. The third kappa shape index (κ3) is 2.87. The zero-order valence-electron chi connectivity index (χ0n) is 10.7. The molecule has 0 atom stereocenters. The highest BCUT2D eigenvalue weighted by Gasteiger charge is 2.17. The highest BCUT2D eigenvalue weighted by atomic mass is 32.2. The Morgan fingerprint density at radius 1 is 1.45 bits per heavy atom. The van der Waals surface area contributed by atoms with Gasteiger partial charge in [0.15, 0.2) is 5.16 Å². The van der Waals surface area contributed by atoms with E-state index in [0.717, 1.165) is 10.2 Å². The van der Waals surface area contributed by atoms with Crippen molar-refractivity contribution in [3.05, 3.63) is 11.4 Å². The predicted octanol–water partition coefficient (Wildman–Crippen LogP) is 1.22. The number of nitrogens with zero attached hydrogens (tertiary/aromatic N) is 3. The molecule has 6 nitrogen and oxygen atoms in total. The van der Waals surface area contributed by atoms with Gasteiger partial charge in [-0.25, -0.2) is 9.97 Å². The van der Waals surface area contributed by atoms with Gasteiger partial charge in [0.2, 0.25) is 5.91 Å². The summed E-state index contributed by atoms with van der Waals surface area (Å²) in [5.74, 6) is 0.889. The van der Waals surface area contributed by atoms with E-state index in [1.54, 1.807) is 0 Å². The molecule has 0 unspecified atom stereocenters. The van der Waals surface area contributed by atoms with Gasteiger partial charge in [0.05, 0.1) is 24.4 Å². The number of nitrogen functional groups attached to an aromatic ring is 1. The van der Waals surface area contributed by atoms with Crippen LogP contribution in [-0.2, 0) is 9.53 Å². The Bertz CT molecular complexity index is 625. The number of fused-ring (bicyclic) bond motifs is 1. The molecule has 0 aromatic carbocycles. The summed E-state index contributed by atoms with van der Waals surface area (Å²) in [5, 5.41) is 3.36. The third-order valence-corrected chi connectivity index (χ3v) is 4.66. The molecule has 2 aromatic rings. The van der Waals surface area contributed by atoms with Crippen LogP contribution in [0.1, 0.15) is 0 Å². The maximum absolute atomic E-state index is 12.0. The summed E-state index contributed by atoms with van der Waals surface area (Å²) < 4.78 is 5.23. The standard InChI is InChI=1S/C12H14N4O2S2/c13-10-8-1-6-19-11(8)15-12(14-10)20-7-9(17)16-2-4-18-5-3-16/h1,6H,2-5,7H2,(H2,13,14,15). The maximum atomic E-state index is 12.0. The minimum atomic E-state index is 0.0896. The molecule has 0 saturated carbocycles. The first-order valence-corrected chi connectivity index (χ1v) is 8.09. The summed E-state index contributed by atoms with van der Waals surface area (Å²) >= 11 is 2.85. The van der Waals surface area contributed by atoms with E-state index >= 15 is 0 Å². The Morgan fingerprint density at radius 3 is 3.05 bits per heavy atom. The lowest BCUT2D eigenvalue weighted by atomic mass is 10.4. The first-order valence-electron chi connectivity index (χ1n) is 6.23. The zero-order valence-corrected chi connectivity index (χ0v) is 12.4. The van der Waals surface area contributed by atoms with Gasteiger partial charge in [-0.1, -0.05) is 11.8 Å². The Hall–Kier alpha value is -1.38. The Balaban J connectivity index is 1.65. The van der Waals surface area contributed by atoms with E-state index in [0.29, 0.717) is 43.0 Å². The molecular weight excluding hydrogens is 296 g/mol. The van der Waals surface area contributed by atoms with Gasteiger partial charge in [0.1, 0.15) is 10.6 Å². The highest BCUT2D eigenvalue weighted by Crippen LogP contribution is 2.26. The van der Waals surface area contributed by atoms with Crippen LogP contribution in [0.5, 0.6) is 0 Å². The number of hydrogen-bond donors (Lipinski definition) is 1. The van der Waals surface area contributed by atoms with E-state index < -0.39 is 0 Å². The lowest BCUT2D eigenvalue weighted by Gasteiger charge is -2.26. The summed E-state index contributed by atoms with van der Waals surface area (Å²) in [6.45, 7) is 2.54. The van der Waals surface area contributed by atoms with Gasteiger partial charge in [-0.05, 0) is 11.4 Å². The summed E-state index contributed by atoms with van der Waals surface area (Å²) in [7, 11) is 0. The van der Waals surface area contributed by atoms with Gasteiger partial charge in [0.25, 0.3) is 0 Å². The van der Waals surface area contributed by atoms with Gasteiger partial charge < -0.3 is 15.4 Å².